The predicted molar refractivity (Wildman–Crippen MR) is 81.9 cm³/mol. The minimum absolute atomic E-state index is 0.110. The molecule has 5 nitrogen and oxygen atoms in total. The summed E-state index contributed by atoms with van der Waals surface area (Å²) in [5.41, 5.74) is 7.42. The molecule has 108 valence electrons. The Bertz CT molecular complexity index is 733. The molecule has 2 N–H and O–H groups in total. The van der Waals surface area contributed by atoms with Crippen LogP contribution in [0.4, 0.5) is 5.88 Å². The number of nitrogen functional groups attached to an aromatic ring is 1. The van der Waals surface area contributed by atoms with Gasteiger partial charge < -0.3 is 10.3 Å². The molecule has 0 fully saturated rings. The van der Waals surface area contributed by atoms with Crippen LogP contribution in [0.1, 0.15) is 19.5 Å². The van der Waals surface area contributed by atoms with Gasteiger partial charge in [-0.15, -0.1) is 0 Å². The Morgan fingerprint density at radius 2 is 1.80 bits per heavy atom. The maximum Gasteiger partial charge on any atom is 0.230 e. The second-order valence-electron chi connectivity index (χ2n) is 5.06. The molecule has 0 bridgehead atoms. The summed E-state index contributed by atoms with van der Waals surface area (Å²) in [4.78, 5) is 0. The Morgan fingerprint density at radius 3 is 2.30 bits per heavy atom. The van der Waals surface area contributed by atoms with Crippen LogP contribution in [0.15, 0.2) is 33.3 Å². The minimum atomic E-state index is -3.37. The number of anilines is 1. The Hall–Kier alpha value is -1.34. The first-order valence-electron chi connectivity index (χ1n) is 5.86. The van der Waals surface area contributed by atoms with E-state index in [9.17, 15) is 8.42 Å². The molecule has 0 radical (unpaired) electrons. The summed E-state index contributed by atoms with van der Waals surface area (Å²) in [6.07, 6.45) is 1.17. The van der Waals surface area contributed by atoms with E-state index < -0.39 is 14.6 Å². The predicted octanol–water partition coefficient (Wildman–Crippen LogP) is 2.97. The first kappa shape index (κ1) is 15.1. The maximum atomic E-state index is 12.0. The second-order valence-corrected chi connectivity index (χ2v) is 8.54. The van der Waals surface area contributed by atoms with Crippen LogP contribution in [-0.2, 0) is 14.6 Å². The second kappa shape index (κ2) is 4.89. The number of benzene rings is 1. The van der Waals surface area contributed by atoms with Crippen LogP contribution in [-0.4, -0.2) is 19.8 Å². The highest BCUT2D eigenvalue weighted by atomic mass is 79.9. The molecule has 1 aromatic carbocycles. The number of halogens is 1. The largest absolute Gasteiger partial charge is 0.367 e. The molecule has 1 aromatic heterocycles. The highest BCUT2D eigenvalue weighted by Gasteiger charge is 2.39. The van der Waals surface area contributed by atoms with E-state index in [1.807, 2.05) is 24.3 Å². The smallest absolute Gasteiger partial charge is 0.230 e. The number of nitrogens with zero attached hydrogens (tertiary/aromatic N) is 1. The molecule has 0 saturated carbocycles. The lowest BCUT2D eigenvalue weighted by atomic mass is 9.99. The van der Waals surface area contributed by atoms with Crippen LogP contribution >= 0.6 is 15.9 Å². The van der Waals surface area contributed by atoms with Gasteiger partial charge in [0.25, 0.3) is 0 Å². The van der Waals surface area contributed by atoms with Gasteiger partial charge in [-0.25, -0.2) is 8.42 Å². The Labute approximate surface area is 126 Å². The molecule has 0 aliphatic rings. The number of nitrogens with two attached hydrogens (primary N) is 1. The highest BCUT2D eigenvalue weighted by Crippen LogP contribution is 2.39. The summed E-state index contributed by atoms with van der Waals surface area (Å²) in [6, 6.07) is 7.35. The SMILES string of the molecule is CC(C)(c1noc(N)c1-c1ccc(Br)cc1)S(C)(=O)=O. The van der Waals surface area contributed by atoms with Crippen LogP contribution in [0.25, 0.3) is 11.1 Å². The van der Waals surface area contributed by atoms with E-state index in [0.717, 1.165) is 10.0 Å². The van der Waals surface area contributed by atoms with E-state index in [2.05, 4.69) is 21.1 Å². The molecule has 0 atom stereocenters. The van der Waals surface area contributed by atoms with Crippen molar-refractivity contribution in [3.63, 3.8) is 0 Å². The van der Waals surface area contributed by atoms with Gasteiger partial charge in [-0.05, 0) is 31.5 Å². The van der Waals surface area contributed by atoms with E-state index in [-0.39, 0.29) is 5.88 Å². The molecule has 2 rings (SSSR count). The zero-order valence-corrected chi connectivity index (χ0v) is 13.7. The van der Waals surface area contributed by atoms with Gasteiger partial charge in [0.1, 0.15) is 10.4 Å². The van der Waals surface area contributed by atoms with E-state index in [4.69, 9.17) is 10.3 Å². The molecule has 2 aromatic rings. The van der Waals surface area contributed by atoms with Gasteiger partial charge >= 0.3 is 0 Å². The molecule has 1 heterocycles. The molecular weight excluding hydrogens is 344 g/mol. The fraction of sp³-hybridized carbons (Fsp3) is 0.308. The number of hydrogen-bond donors (Lipinski definition) is 1. The van der Waals surface area contributed by atoms with E-state index in [0.29, 0.717) is 11.3 Å². The zero-order chi connectivity index (χ0) is 15.1. The van der Waals surface area contributed by atoms with E-state index in [1.54, 1.807) is 13.8 Å². The molecule has 7 heteroatoms. The molecular formula is C13H15BrN2O3S. The lowest BCUT2D eigenvalue weighted by molar-refractivity contribution is 0.417. The van der Waals surface area contributed by atoms with E-state index >= 15 is 0 Å². The molecule has 0 aliphatic carbocycles. The fourth-order valence-corrected chi connectivity index (χ4v) is 2.54. The quantitative estimate of drug-likeness (QED) is 0.911. The topological polar surface area (TPSA) is 86.2 Å². The van der Waals surface area contributed by atoms with Crippen molar-refractivity contribution in [1.82, 2.24) is 5.16 Å². The van der Waals surface area contributed by atoms with Gasteiger partial charge in [-0.1, -0.05) is 33.2 Å². The summed E-state index contributed by atoms with van der Waals surface area (Å²) in [7, 11) is -3.37. The summed E-state index contributed by atoms with van der Waals surface area (Å²) < 4.78 is 28.7. The third-order valence-electron chi connectivity index (χ3n) is 3.35. The van der Waals surface area contributed by atoms with Crippen molar-refractivity contribution in [3.8, 4) is 11.1 Å². The van der Waals surface area contributed by atoms with Crippen molar-refractivity contribution in [2.75, 3.05) is 12.0 Å². The van der Waals surface area contributed by atoms with Gasteiger partial charge in [0, 0.05) is 10.7 Å². The van der Waals surface area contributed by atoms with Crippen molar-refractivity contribution in [1.29, 1.82) is 0 Å². The van der Waals surface area contributed by atoms with Gasteiger partial charge in [0.15, 0.2) is 9.84 Å². The molecule has 20 heavy (non-hydrogen) atoms. The number of rotatable bonds is 3. The number of sulfone groups is 1. The summed E-state index contributed by atoms with van der Waals surface area (Å²) in [6.45, 7) is 3.17. The molecule has 0 amide bonds. The zero-order valence-electron chi connectivity index (χ0n) is 11.3. The summed E-state index contributed by atoms with van der Waals surface area (Å²) in [5, 5.41) is 3.86. The normalized spacial score (nSPS) is 12.6. The van der Waals surface area contributed by atoms with Gasteiger partial charge in [0.05, 0.1) is 5.56 Å². The molecule has 0 unspecified atom stereocenters. The Balaban J connectivity index is 2.68. The summed E-state index contributed by atoms with van der Waals surface area (Å²) in [5.74, 6) is 0.110. The van der Waals surface area contributed by atoms with Crippen LogP contribution in [0, 0.1) is 0 Å². The lowest BCUT2D eigenvalue weighted by Gasteiger charge is -2.21. The van der Waals surface area contributed by atoms with Gasteiger partial charge in [-0.2, -0.15) is 0 Å². The Morgan fingerprint density at radius 1 is 1.25 bits per heavy atom. The van der Waals surface area contributed by atoms with Crippen molar-refractivity contribution < 1.29 is 12.9 Å². The van der Waals surface area contributed by atoms with Crippen molar-refractivity contribution in [2.45, 2.75) is 18.6 Å². The first-order chi connectivity index (χ1) is 9.14. The van der Waals surface area contributed by atoms with Crippen LogP contribution in [0.3, 0.4) is 0 Å². The third-order valence-corrected chi connectivity index (χ3v) is 5.92. The van der Waals surface area contributed by atoms with Crippen LogP contribution < -0.4 is 5.73 Å². The van der Waals surface area contributed by atoms with Crippen LogP contribution in [0.2, 0.25) is 0 Å². The first-order valence-corrected chi connectivity index (χ1v) is 8.54. The van der Waals surface area contributed by atoms with Crippen molar-refractivity contribution in [3.05, 3.63) is 34.4 Å². The van der Waals surface area contributed by atoms with Crippen molar-refractivity contribution in [2.24, 2.45) is 0 Å². The molecule has 0 aliphatic heterocycles. The van der Waals surface area contributed by atoms with Gasteiger partial charge in [-0.3, -0.25) is 0 Å². The minimum Gasteiger partial charge on any atom is -0.367 e. The van der Waals surface area contributed by atoms with E-state index in [1.165, 1.54) is 6.26 Å². The average Bonchev–Trinajstić information content (AvgIpc) is 2.71. The number of hydrogen-bond acceptors (Lipinski definition) is 5. The summed E-state index contributed by atoms with van der Waals surface area (Å²) >= 11 is 3.35. The maximum absolute atomic E-state index is 12.0. The van der Waals surface area contributed by atoms with Crippen LogP contribution in [0.5, 0.6) is 0 Å². The number of aromatic nitrogens is 1. The standard InChI is InChI=1S/C13H15BrN2O3S/c1-13(2,20(3,17)18)11-10(12(15)19-16-11)8-4-6-9(14)7-5-8/h4-7H,15H2,1-3H3. The fourth-order valence-electron chi connectivity index (χ4n) is 1.78. The Kier molecular flexibility index (Phi) is 3.68. The van der Waals surface area contributed by atoms with Gasteiger partial charge in [0.2, 0.25) is 5.88 Å². The third kappa shape index (κ3) is 2.47. The molecule has 0 saturated heterocycles. The lowest BCUT2D eigenvalue weighted by Crippen LogP contribution is -2.29. The highest BCUT2D eigenvalue weighted by molar-refractivity contribution is 9.10. The average molecular weight is 359 g/mol. The van der Waals surface area contributed by atoms with Crippen molar-refractivity contribution >= 4 is 31.7 Å². The monoisotopic (exact) mass is 358 g/mol. The molecule has 0 spiro atoms.